The molecule has 1 atom stereocenters. The van der Waals surface area contributed by atoms with Crippen LogP contribution < -0.4 is 4.43 Å². The van der Waals surface area contributed by atoms with Crippen molar-refractivity contribution in [3.63, 3.8) is 0 Å². The zero-order chi connectivity index (χ0) is 21.3. The summed E-state index contributed by atoms with van der Waals surface area (Å²) in [6.45, 7) is 29.3. The maximum atomic E-state index is 6.69. The fourth-order valence-electron chi connectivity index (χ4n) is 3.46. The van der Waals surface area contributed by atoms with Gasteiger partial charge in [0.1, 0.15) is 22.2 Å². The van der Waals surface area contributed by atoms with Crippen LogP contribution in [0.5, 0.6) is 5.75 Å². The zero-order valence-electron chi connectivity index (χ0n) is 19.9. The molecule has 0 spiro atoms. The molecule has 0 bridgehead atoms. The molecule has 1 aromatic carbocycles. The molecule has 0 amide bonds. The monoisotopic (exact) mass is 441 g/mol. The summed E-state index contributed by atoms with van der Waals surface area (Å²) in [7, 11) is -6.09. The highest BCUT2D eigenvalue weighted by atomic mass is 28.4. The Morgan fingerprint density at radius 2 is 1.15 bits per heavy atom. The maximum Gasteiger partial charge on any atom is 0.242 e. The van der Waals surface area contributed by atoms with Crippen LogP contribution in [0.3, 0.4) is 0 Å². The van der Waals surface area contributed by atoms with Crippen molar-refractivity contribution in [1.82, 2.24) is 4.23 Å². The molecule has 0 heterocycles. The minimum atomic E-state index is -1.66. The van der Waals surface area contributed by atoms with Crippen LogP contribution in [-0.2, 0) is 4.43 Å². The van der Waals surface area contributed by atoms with Gasteiger partial charge in [0, 0.05) is 6.54 Å². The highest BCUT2D eigenvalue weighted by Gasteiger charge is 2.37. The number of hydrogen-bond acceptors (Lipinski definition) is 3. The van der Waals surface area contributed by atoms with Gasteiger partial charge in [0.05, 0.1) is 6.10 Å². The van der Waals surface area contributed by atoms with Crippen LogP contribution in [0.4, 0.5) is 0 Å². The summed E-state index contributed by atoms with van der Waals surface area (Å²) in [6.07, 6.45) is 0.135. The Morgan fingerprint density at radius 1 is 0.704 bits per heavy atom. The van der Waals surface area contributed by atoms with Crippen LogP contribution in [0.25, 0.3) is 0 Å². The number of benzene rings is 1. The number of nitrogens with zero attached hydrogens (tertiary/aromatic N) is 1. The minimum Gasteiger partial charge on any atom is -0.544 e. The molecule has 3 nitrogen and oxygen atoms in total. The normalized spacial score (nSPS) is 15.1. The summed E-state index contributed by atoms with van der Waals surface area (Å²) in [5.74, 6) is 0.983. The van der Waals surface area contributed by atoms with Crippen molar-refractivity contribution in [2.75, 3.05) is 6.54 Å². The second-order valence-electron chi connectivity index (χ2n) is 11.5. The van der Waals surface area contributed by atoms with Gasteiger partial charge >= 0.3 is 0 Å². The third kappa shape index (κ3) is 9.23. The van der Waals surface area contributed by atoms with Gasteiger partial charge in [-0.3, -0.25) is 0 Å². The molecule has 0 aliphatic heterocycles. The first-order valence-electron chi connectivity index (χ1n) is 10.1. The fraction of sp³-hybridized carbons (Fsp3) is 0.700. The van der Waals surface area contributed by atoms with E-state index in [1.54, 1.807) is 0 Å². The van der Waals surface area contributed by atoms with Gasteiger partial charge in [0.15, 0.2) is 8.32 Å². The van der Waals surface area contributed by atoms with E-state index < -0.39 is 33.1 Å². The van der Waals surface area contributed by atoms with Crippen molar-refractivity contribution in [3.05, 3.63) is 29.8 Å². The lowest BCUT2D eigenvalue weighted by atomic mass is 10.1. The highest BCUT2D eigenvalue weighted by molar-refractivity contribution is 6.89. The Hall–Kier alpha value is -0.192. The van der Waals surface area contributed by atoms with Gasteiger partial charge in [0.25, 0.3) is 0 Å². The number of rotatable bonds is 9. The molecule has 0 radical (unpaired) electrons. The van der Waals surface area contributed by atoms with Gasteiger partial charge in [-0.05, 0) is 57.0 Å². The Labute approximate surface area is 172 Å². The van der Waals surface area contributed by atoms with Gasteiger partial charge in [-0.25, -0.2) is 0 Å². The largest absolute Gasteiger partial charge is 0.544 e. The van der Waals surface area contributed by atoms with E-state index in [0.29, 0.717) is 0 Å². The molecule has 1 rings (SSSR count). The van der Waals surface area contributed by atoms with E-state index in [2.05, 4.69) is 107 Å². The van der Waals surface area contributed by atoms with Crippen LogP contribution >= 0.6 is 0 Å². The van der Waals surface area contributed by atoms with Crippen molar-refractivity contribution in [1.29, 1.82) is 0 Å². The summed E-state index contributed by atoms with van der Waals surface area (Å²) < 4.78 is 15.7. The van der Waals surface area contributed by atoms with Gasteiger partial charge in [-0.2, -0.15) is 0 Å². The first-order valence-corrected chi connectivity index (χ1v) is 23.8. The van der Waals surface area contributed by atoms with E-state index in [1.807, 2.05) is 0 Å². The van der Waals surface area contributed by atoms with E-state index >= 15 is 0 Å². The molecule has 0 saturated carbocycles. The van der Waals surface area contributed by atoms with Crippen LogP contribution in [0.15, 0.2) is 24.3 Å². The molecule has 0 saturated heterocycles. The quantitative estimate of drug-likeness (QED) is 0.395. The smallest absolute Gasteiger partial charge is 0.242 e. The van der Waals surface area contributed by atoms with Crippen molar-refractivity contribution in [2.24, 2.45) is 0 Å². The second-order valence-corrected chi connectivity index (χ2v) is 30.6. The van der Waals surface area contributed by atoms with Gasteiger partial charge in [-0.15, -0.1) is 0 Å². The minimum absolute atomic E-state index is 0.135. The lowest BCUT2D eigenvalue weighted by Crippen LogP contribution is -2.60. The molecule has 7 heteroatoms. The molecule has 0 N–H and O–H groups in total. The zero-order valence-corrected chi connectivity index (χ0v) is 23.9. The molecule has 0 aliphatic rings. The van der Waals surface area contributed by atoms with Crippen molar-refractivity contribution >= 4 is 33.1 Å². The molecular weight excluding hydrogens is 399 g/mol. The van der Waals surface area contributed by atoms with Crippen LogP contribution in [0.2, 0.25) is 78.6 Å². The summed E-state index contributed by atoms with van der Waals surface area (Å²) >= 11 is 0. The summed E-state index contributed by atoms with van der Waals surface area (Å²) in [5, 5.41) is 0. The molecule has 0 fully saturated rings. The molecular formula is C20H43NO2Si4. The van der Waals surface area contributed by atoms with Crippen LogP contribution in [-0.4, -0.2) is 43.9 Å². The third-order valence-corrected chi connectivity index (χ3v) is 13.6. The standard InChI is InChI=1S/C20H43NO2Si4/c1-24(2,3)21(25(4,5)6)17-20(23-27(10,11)12)18-13-15-19(16-14-18)22-26(7,8)9/h13-16,20H,17H2,1-12H3. The lowest BCUT2D eigenvalue weighted by Gasteiger charge is -2.46. The van der Waals surface area contributed by atoms with Crippen LogP contribution in [0.1, 0.15) is 11.7 Å². The average Bonchev–Trinajstić information content (AvgIpc) is 2.38. The van der Waals surface area contributed by atoms with Crippen molar-refractivity contribution in [3.8, 4) is 5.75 Å². The van der Waals surface area contributed by atoms with Gasteiger partial charge < -0.3 is 13.1 Å². The van der Waals surface area contributed by atoms with E-state index in [-0.39, 0.29) is 6.10 Å². The molecule has 0 aromatic heterocycles. The SMILES string of the molecule is C[Si](C)(C)Oc1ccc(C(CN([Si](C)(C)C)[Si](C)(C)C)O[Si](C)(C)C)cc1. The fourth-order valence-corrected chi connectivity index (χ4v) is 14.8. The summed E-state index contributed by atoms with van der Waals surface area (Å²) in [6, 6.07) is 8.68. The first-order chi connectivity index (χ1) is 11.9. The van der Waals surface area contributed by atoms with Gasteiger partial charge in [-0.1, -0.05) is 51.4 Å². The van der Waals surface area contributed by atoms with Gasteiger partial charge in [0.2, 0.25) is 8.32 Å². The van der Waals surface area contributed by atoms with Crippen LogP contribution in [0, 0.1) is 0 Å². The highest BCUT2D eigenvalue weighted by Crippen LogP contribution is 2.30. The Morgan fingerprint density at radius 3 is 1.48 bits per heavy atom. The predicted octanol–water partition coefficient (Wildman–Crippen LogP) is 6.76. The Balaban J connectivity index is 3.17. The van der Waals surface area contributed by atoms with E-state index in [9.17, 15) is 0 Å². The summed E-state index contributed by atoms with van der Waals surface area (Å²) in [4.78, 5) is 0. The predicted molar refractivity (Wildman–Crippen MR) is 131 cm³/mol. The van der Waals surface area contributed by atoms with E-state index in [0.717, 1.165) is 12.3 Å². The first kappa shape index (κ1) is 24.8. The van der Waals surface area contributed by atoms with E-state index in [1.165, 1.54) is 5.56 Å². The van der Waals surface area contributed by atoms with E-state index in [4.69, 9.17) is 8.85 Å². The number of hydrogen-bond donors (Lipinski definition) is 0. The lowest BCUT2D eigenvalue weighted by molar-refractivity contribution is 0.181. The third-order valence-electron chi connectivity index (χ3n) is 4.14. The summed E-state index contributed by atoms with van der Waals surface area (Å²) in [5.41, 5.74) is 1.28. The van der Waals surface area contributed by atoms with Crippen molar-refractivity contribution < 1.29 is 8.85 Å². The topological polar surface area (TPSA) is 21.7 Å². The Bertz CT molecular complexity index is 579. The van der Waals surface area contributed by atoms with Crippen molar-refractivity contribution in [2.45, 2.75) is 84.7 Å². The maximum absolute atomic E-state index is 6.69. The second kappa shape index (κ2) is 8.67. The average molecular weight is 442 g/mol. The molecule has 1 aromatic rings. The Kier molecular flexibility index (Phi) is 7.98. The molecule has 0 aliphatic carbocycles. The molecule has 27 heavy (non-hydrogen) atoms. The molecule has 1 unspecified atom stereocenters. The molecule has 156 valence electrons.